The Morgan fingerprint density at radius 1 is 1.37 bits per heavy atom. The number of aryl methyl sites for hydroxylation is 2. The minimum atomic E-state index is -0.207. The molecule has 2 rings (SSSR count). The van der Waals surface area contributed by atoms with Crippen LogP contribution in [0.1, 0.15) is 29.9 Å². The predicted molar refractivity (Wildman–Crippen MR) is 77.3 cm³/mol. The van der Waals surface area contributed by atoms with Crippen molar-refractivity contribution < 1.29 is 4.39 Å². The van der Waals surface area contributed by atoms with Crippen LogP contribution >= 0.6 is 15.9 Å². The Labute approximate surface area is 121 Å². The first kappa shape index (κ1) is 14.2. The third kappa shape index (κ3) is 3.22. The van der Waals surface area contributed by atoms with E-state index in [1.165, 1.54) is 12.1 Å². The summed E-state index contributed by atoms with van der Waals surface area (Å²) in [5, 5.41) is 7.77. The van der Waals surface area contributed by atoms with E-state index in [-0.39, 0.29) is 11.9 Å². The van der Waals surface area contributed by atoms with E-state index in [9.17, 15) is 4.39 Å². The lowest BCUT2D eigenvalue weighted by atomic mass is 10.1. The van der Waals surface area contributed by atoms with Crippen LogP contribution in [0.2, 0.25) is 0 Å². The molecule has 1 N–H and O–H groups in total. The van der Waals surface area contributed by atoms with Crippen LogP contribution in [0.4, 0.5) is 4.39 Å². The van der Waals surface area contributed by atoms with Crippen LogP contribution in [0.3, 0.4) is 0 Å². The lowest BCUT2D eigenvalue weighted by Crippen LogP contribution is -2.20. The molecule has 2 aromatic rings. The van der Waals surface area contributed by atoms with Gasteiger partial charge in [0.2, 0.25) is 0 Å². The van der Waals surface area contributed by atoms with Crippen LogP contribution in [0, 0.1) is 12.7 Å². The number of hydrogen-bond donors (Lipinski definition) is 1. The minimum Gasteiger partial charge on any atom is -0.305 e. The number of nitrogens with zero attached hydrogens (tertiary/aromatic N) is 2. The molecule has 0 spiro atoms. The molecule has 1 heterocycles. The van der Waals surface area contributed by atoms with Crippen molar-refractivity contribution in [1.82, 2.24) is 15.1 Å². The number of halogens is 2. The first-order chi connectivity index (χ1) is 8.99. The SMILES string of the molecule is Cc1nn(C)c(CN[C@H](C)c2ccc(F)cc2)c1Br. The summed E-state index contributed by atoms with van der Waals surface area (Å²) in [6, 6.07) is 6.73. The van der Waals surface area contributed by atoms with Gasteiger partial charge in [-0.2, -0.15) is 5.10 Å². The highest BCUT2D eigenvalue weighted by Gasteiger charge is 2.12. The van der Waals surface area contributed by atoms with Gasteiger partial charge in [0.15, 0.2) is 0 Å². The standard InChI is InChI=1S/C14H17BrFN3/c1-9(11-4-6-12(16)7-5-11)17-8-13-14(15)10(2)18-19(13)3/h4-7,9,17H,8H2,1-3H3/t9-/m1/s1. The van der Waals surface area contributed by atoms with Gasteiger partial charge in [-0.3, -0.25) is 4.68 Å². The Hall–Kier alpha value is -1.20. The fourth-order valence-electron chi connectivity index (χ4n) is 1.99. The van der Waals surface area contributed by atoms with Crippen molar-refractivity contribution in [3.05, 3.63) is 51.5 Å². The first-order valence-electron chi connectivity index (χ1n) is 6.16. The zero-order valence-electron chi connectivity index (χ0n) is 11.2. The molecule has 5 heteroatoms. The maximum absolute atomic E-state index is 12.9. The molecule has 0 saturated carbocycles. The molecule has 1 atom stereocenters. The summed E-state index contributed by atoms with van der Waals surface area (Å²) in [5.74, 6) is -0.207. The topological polar surface area (TPSA) is 29.9 Å². The smallest absolute Gasteiger partial charge is 0.123 e. The minimum absolute atomic E-state index is 0.155. The molecule has 0 amide bonds. The second-order valence-electron chi connectivity index (χ2n) is 4.62. The van der Waals surface area contributed by atoms with Gasteiger partial charge < -0.3 is 5.32 Å². The Kier molecular flexibility index (Phi) is 4.37. The summed E-state index contributed by atoms with van der Waals surface area (Å²) in [6.07, 6.45) is 0. The highest BCUT2D eigenvalue weighted by molar-refractivity contribution is 9.10. The van der Waals surface area contributed by atoms with Crippen molar-refractivity contribution >= 4 is 15.9 Å². The van der Waals surface area contributed by atoms with E-state index in [2.05, 4.69) is 33.3 Å². The molecule has 19 heavy (non-hydrogen) atoms. The molecule has 1 aromatic carbocycles. The quantitative estimate of drug-likeness (QED) is 0.932. The Balaban J connectivity index is 2.04. The fraction of sp³-hybridized carbons (Fsp3) is 0.357. The van der Waals surface area contributed by atoms with Crippen molar-refractivity contribution in [2.75, 3.05) is 0 Å². The molecular weight excluding hydrogens is 309 g/mol. The van der Waals surface area contributed by atoms with Gasteiger partial charge in [0.1, 0.15) is 5.82 Å². The van der Waals surface area contributed by atoms with Gasteiger partial charge in [0, 0.05) is 19.6 Å². The molecule has 0 fully saturated rings. The van der Waals surface area contributed by atoms with Crippen molar-refractivity contribution in [3.8, 4) is 0 Å². The van der Waals surface area contributed by atoms with Crippen LogP contribution in [0.15, 0.2) is 28.7 Å². The summed E-state index contributed by atoms with van der Waals surface area (Å²) in [5.41, 5.74) is 3.15. The number of rotatable bonds is 4. The molecule has 3 nitrogen and oxygen atoms in total. The van der Waals surface area contributed by atoms with Gasteiger partial charge in [-0.25, -0.2) is 4.39 Å². The normalized spacial score (nSPS) is 12.7. The van der Waals surface area contributed by atoms with E-state index in [1.807, 2.05) is 18.7 Å². The third-order valence-electron chi connectivity index (χ3n) is 3.21. The van der Waals surface area contributed by atoms with E-state index < -0.39 is 0 Å². The van der Waals surface area contributed by atoms with Crippen molar-refractivity contribution in [3.63, 3.8) is 0 Å². The van der Waals surface area contributed by atoms with E-state index >= 15 is 0 Å². The molecule has 0 aliphatic carbocycles. The molecular formula is C14H17BrFN3. The van der Waals surface area contributed by atoms with Crippen LogP contribution in [-0.4, -0.2) is 9.78 Å². The average molecular weight is 326 g/mol. The molecule has 0 radical (unpaired) electrons. The Morgan fingerprint density at radius 2 is 2.00 bits per heavy atom. The number of benzene rings is 1. The summed E-state index contributed by atoms with van der Waals surface area (Å²) in [6.45, 7) is 4.73. The molecule has 0 aliphatic heterocycles. The molecule has 0 unspecified atom stereocenters. The predicted octanol–water partition coefficient (Wildman–Crippen LogP) is 3.48. The zero-order chi connectivity index (χ0) is 14.0. The van der Waals surface area contributed by atoms with Gasteiger partial charge in [0.05, 0.1) is 15.9 Å². The fourth-order valence-corrected chi connectivity index (χ4v) is 2.47. The summed E-state index contributed by atoms with van der Waals surface area (Å²) < 4.78 is 15.8. The van der Waals surface area contributed by atoms with E-state index in [0.717, 1.165) is 21.4 Å². The maximum Gasteiger partial charge on any atom is 0.123 e. The van der Waals surface area contributed by atoms with E-state index in [0.29, 0.717) is 6.54 Å². The van der Waals surface area contributed by atoms with Crippen LogP contribution in [-0.2, 0) is 13.6 Å². The second-order valence-corrected chi connectivity index (χ2v) is 5.42. The number of aromatic nitrogens is 2. The molecule has 1 aromatic heterocycles. The zero-order valence-corrected chi connectivity index (χ0v) is 12.8. The Bertz CT molecular complexity index is 563. The summed E-state index contributed by atoms with van der Waals surface area (Å²) in [7, 11) is 1.93. The summed E-state index contributed by atoms with van der Waals surface area (Å²) in [4.78, 5) is 0. The van der Waals surface area contributed by atoms with E-state index in [4.69, 9.17) is 0 Å². The van der Waals surface area contributed by atoms with Crippen molar-refractivity contribution in [2.24, 2.45) is 7.05 Å². The van der Waals surface area contributed by atoms with E-state index in [1.54, 1.807) is 12.1 Å². The molecule has 0 saturated heterocycles. The van der Waals surface area contributed by atoms with Crippen LogP contribution in [0.5, 0.6) is 0 Å². The monoisotopic (exact) mass is 325 g/mol. The van der Waals surface area contributed by atoms with Gasteiger partial charge in [0.25, 0.3) is 0 Å². The van der Waals surface area contributed by atoms with Crippen LogP contribution < -0.4 is 5.32 Å². The molecule has 0 bridgehead atoms. The highest BCUT2D eigenvalue weighted by atomic mass is 79.9. The van der Waals surface area contributed by atoms with Crippen LogP contribution in [0.25, 0.3) is 0 Å². The van der Waals surface area contributed by atoms with Gasteiger partial charge in [-0.05, 0) is 47.5 Å². The lowest BCUT2D eigenvalue weighted by Gasteiger charge is -2.14. The van der Waals surface area contributed by atoms with Gasteiger partial charge in [-0.15, -0.1) is 0 Å². The van der Waals surface area contributed by atoms with Gasteiger partial charge in [-0.1, -0.05) is 12.1 Å². The number of nitrogens with one attached hydrogen (secondary N) is 1. The third-order valence-corrected chi connectivity index (χ3v) is 4.24. The summed E-state index contributed by atoms with van der Waals surface area (Å²) >= 11 is 3.54. The lowest BCUT2D eigenvalue weighted by molar-refractivity contribution is 0.545. The number of hydrogen-bond acceptors (Lipinski definition) is 2. The molecule has 102 valence electrons. The van der Waals surface area contributed by atoms with Gasteiger partial charge >= 0.3 is 0 Å². The maximum atomic E-state index is 12.9. The largest absolute Gasteiger partial charge is 0.305 e. The highest BCUT2D eigenvalue weighted by Crippen LogP contribution is 2.21. The van der Waals surface area contributed by atoms with Crippen molar-refractivity contribution in [1.29, 1.82) is 0 Å². The molecule has 0 aliphatic rings. The van der Waals surface area contributed by atoms with Crippen molar-refractivity contribution in [2.45, 2.75) is 26.4 Å². The average Bonchev–Trinajstić information content (AvgIpc) is 2.62. The first-order valence-corrected chi connectivity index (χ1v) is 6.95. The second kappa shape index (κ2) is 5.84. The Morgan fingerprint density at radius 3 is 2.53 bits per heavy atom.